The van der Waals surface area contributed by atoms with Gasteiger partial charge in [0.1, 0.15) is 17.1 Å². The van der Waals surface area contributed by atoms with Crippen LogP contribution in [-0.4, -0.2) is 54.2 Å². The SMILES string of the molecule is NC(=O)c1cnc(NC2CCCCC2NC(=O)O)nc1Nc1ccc(Br)c(-n2nccn2)c1. The van der Waals surface area contributed by atoms with Gasteiger partial charge >= 0.3 is 6.09 Å². The number of hydrogen-bond acceptors (Lipinski definition) is 8. The zero-order valence-corrected chi connectivity index (χ0v) is 19.0. The van der Waals surface area contributed by atoms with Crippen LogP contribution in [0.25, 0.3) is 5.69 Å². The molecule has 4 rings (SSSR count). The van der Waals surface area contributed by atoms with E-state index in [1.807, 2.05) is 6.07 Å². The van der Waals surface area contributed by atoms with Crippen molar-refractivity contribution in [3.8, 4) is 5.69 Å². The number of carboxylic acid groups (broad SMARTS) is 1. The highest BCUT2D eigenvalue weighted by Gasteiger charge is 2.27. The van der Waals surface area contributed by atoms with Crippen molar-refractivity contribution >= 4 is 45.4 Å². The van der Waals surface area contributed by atoms with Gasteiger partial charge in [-0.3, -0.25) is 4.79 Å². The fourth-order valence-corrected chi connectivity index (χ4v) is 4.15. The Kier molecular flexibility index (Phi) is 6.68. The molecule has 2 amide bonds. The third-order valence-corrected chi connectivity index (χ3v) is 5.96. The number of carbonyl (C=O) groups is 2. The number of nitrogens with two attached hydrogens (primary N) is 1. The van der Waals surface area contributed by atoms with Crippen LogP contribution in [0.1, 0.15) is 36.0 Å². The lowest BCUT2D eigenvalue weighted by Gasteiger charge is -2.32. The molecule has 0 saturated heterocycles. The number of halogens is 1. The molecule has 1 aliphatic carbocycles. The Morgan fingerprint density at radius 3 is 2.58 bits per heavy atom. The van der Waals surface area contributed by atoms with Gasteiger partial charge in [0.05, 0.1) is 18.4 Å². The maximum Gasteiger partial charge on any atom is 0.404 e. The largest absolute Gasteiger partial charge is 0.465 e. The first-order chi connectivity index (χ1) is 15.9. The average Bonchev–Trinajstić information content (AvgIpc) is 3.31. The summed E-state index contributed by atoms with van der Waals surface area (Å²) in [7, 11) is 0. The molecule has 2 aromatic heterocycles. The van der Waals surface area contributed by atoms with Crippen LogP contribution in [0, 0.1) is 0 Å². The van der Waals surface area contributed by atoms with Crippen LogP contribution in [-0.2, 0) is 0 Å². The molecule has 12 nitrogen and oxygen atoms in total. The van der Waals surface area contributed by atoms with E-state index in [1.165, 1.54) is 11.0 Å². The van der Waals surface area contributed by atoms with E-state index in [9.17, 15) is 9.59 Å². The van der Waals surface area contributed by atoms with E-state index in [1.54, 1.807) is 24.5 Å². The number of benzene rings is 1. The van der Waals surface area contributed by atoms with Crippen molar-refractivity contribution in [1.82, 2.24) is 30.3 Å². The van der Waals surface area contributed by atoms with Crippen molar-refractivity contribution in [2.45, 2.75) is 37.8 Å². The molecule has 33 heavy (non-hydrogen) atoms. The van der Waals surface area contributed by atoms with E-state index in [2.05, 4.69) is 52.0 Å². The molecule has 1 fully saturated rings. The fourth-order valence-electron chi connectivity index (χ4n) is 3.75. The summed E-state index contributed by atoms with van der Waals surface area (Å²) in [5, 5.41) is 26.3. The second-order valence-electron chi connectivity index (χ2n) is 7.52. The molecule has 13 heteroatoms. The van der Waals surface area contributed by atoms with Crippen LogP contribution in [0.5, 0.6) is 0 Å². The summed E-state index contributed by atoms with van der Waals surface area (Å²) in [5.41, 5.74) is 6.95. The number of nitrogens with zero attached hydrogens (tertiary/aromatic N) is 5. The van der Waals surface area contributed by atoms with Gasteiger partial charge in [-0.2, -0.15) is 20.0 Å². The van der Waals surface area contributed by atoms with Crippen LogP contribution >= 0.6 is 15.9 Å². The lowest BCUT2D eigenvalue weighted by atomic mass is 9.90. The minimum absolute atomic E-state index is 0.117. The summed E-state index contributed by atoms with van der Waals surface area (Å²) in [6.07, 6.45) is 6.79. The van der Waals surface area contributed by atoms with Gasteiger partial charge in [0.2, 0.25) is 5.95 Å². The quantitative estimate of drug-likeness (QED) is 0.316. The number of primary amides is 1. The summed E-state index contributed by atoms with van der Waals surface area (Å²) in [5.74, 6) is -0.198. The highest BCUT2D eigenvalue weighted by molar-refractivity contribution is 9.10. The third kappa shape index (κ3) is 5.37. The number of amides is 2. The molecule has 6 N–H and O–H groups in total. The Morgan fingerprint density at radius 1 is 1.15 bits per heavy atom. The Morgan fingerprint density at radius 2 is 1.88 bits per heavy atom. The van der Waals surface area contributed by atoms with Gasteiger partial charge in [0.15, 0.2) is 0 Å². The molecule has 172 valence electrons. The second-order valence-corrected chi connectivity index (χ2v) is 8.38. The zero-order valence-electron chi connectivity index (χ0n) is 17.4. The molecule has 2 heterocycles. The maximum absolute atomic E-state index is 12.0. The molecule has 3 aromatic rings. The van der Waals surface area contributed by atoms with Crippen molar-refractivity contribution in [3.63, 3.8) is 0 Å². The van der Waals surface area contributed by atoms with E-state index in [-0.39, 0.29) is 29.4 Å². The number of carbonyl (C=O) groups excluding carboxylic acids is 1. The highest BCUT2D eigenvalue weighted by Crippen LogP contribution is 2.27. The smallest absolute Gasteiger partial charge is 0.404 e. The van der Waals surface area contributed by atoms with Gasteiger partial charge in [0, 0.05) is 22.4 Å². The molecule has 1 saturated carbocycles. The van der Waals surface area contributed by atoms with Crippen molar-refractivity contribution in [1.29, 1.82) is 0 Å². The monoisotopic (exact) mass is 515 g/mol. The van der Waals surface area contributed by atoms with Crippen LogP contribution in [0.2, 0.25) is 0 Å². The Bertz CT molecular complexity index is 1160. The predicted octanol–water partition coefficient (Wildman–Crippen LogP) is 2.65. The predicted molar refractivity (Wildman–Crippen MR) is 124 cm³/mol. The fraction of sp³-hybridized carbons (Fsp3) is 0.300. The molecule has 1 aliphatic rings. The van der Waals surface area contributed by atoms with Gasteiger partial charge in [0.25, 0.3) is 5.91 Å². The number of anilines is 3. The van der Waals surface area contributed by atoms with E-state index in [4.69, 9.17) is 10.8 Å². The van der Waals surface area contributed by atoms with E-state index >= 15 is 0 Å². The second kappa shape index (κ2) is 9.81. The minimum atomic E-state index is -1.07. The van der Waals surface area contributed by atoms with E-state index < -0.39 is 12.0 Å². The molecule has 1 aromatic carbocycles. The van der Waals surface area contributed by atoms with Crippen LogP contribution in [0.3, 0.4) is 0 Å². The van der Waals surface area contributed by atoms with Crippen LogP contribution in [0.4, 0.5) is 22.2 Å². The normalized spacial score (nSPS) is 17.8. The number of nitrogens with one attached hydrogen (secondary N) is 3. The molecule has 0 aliphatic heterocycles. The van der Waals surface area contributed by atoms with Gasteiger partial charge < -0.3 is 26.8 Å². The molecular formula is C20H22BrN9O3. The Labute approximate surface area is 197 Å². The van der Waals surface area contributed by atoms with Gasteiger partial charge in [-0.25, -0.2) is 9.78 Å². The number of aromatic nitrogens is 5. The average molecular weight is 516 g/mol. The topological polar surface area (TPSA) is 173 Å². The maximum atomic E-state index is 12.0. The Hall–Kier alpha value is -3.74. The van der Waals surface area contributed by atoms with Crippen molar-refractivity contribution in [3.05, 3.63) is 46.8 Å². The van der Waals surface area contributed by atoms with E-state index in [0.717, 1.165) is 30.2 Å². The number of rotatable bonds is 7. The highest BCUT2D eigenvalue weighted by atomic mass is 79.9. The lowest BCUT2D eigenvalue weighted by Crippen LogP contribution is -2.48. The van der Waals surface area contributed by atoms with Crippen molar-refractivity contribution in [2.24, 2.45) is 5.73 Å². The molecule has 0 bridgehead atoms. The zero-order chi connectivity index (χ0) is 23.4. The lowest BCUT2D eigenvalue weighted by molar-refractivity contribution is 0.100. The summed E-state index contributed by atoms with van der Waals surface area (Å²) >= 11 is 3.48. The Balaban J connectivity index is 1.60. The standard InChI is InChI=1S/C20H22BrN9O3/c21-13-6-5-11(9-16(13)30-24-7-8-25-30)26-18-12(17(22)31)10-23-19(29-18)27-14-3-1-2-4-15(14)28-20(32)33/h5-10,14-15,28H,1-4H2,(H2,22,31)(H,32,33)(H2,23,26,27,29). The van der Waals surface area contributed by atoms with Crippen molar-refractivity contribution < 1.29 is 14.7 Å². The summed E-state index contributed by atoms with van der Waals surface area (Å²) in [4.78, 5) is 33.2. The van der Waals surface area contributed by atoms with Gasteiger partial charge in [-0.05, 0) is 47.0 Å². The number of hydrogen-bond donors (Lipinski definition) is 5. The molecular weight excluding hydrogens is 494 g/mol. The van der Waals surface area contributed by atoms with Gasteiger partial charge in [-0.1, -0.05) is 12.8 Å². The molecule has 0 spiro atoms. The van der Waals surface area contributed by atoms with Crippen molar-refractivity contribution in [2.75, 3.05) is 10.6 Å². The first-order valence-corrected chi connectivity index (χ1v) is 11.1. The summed E-state index contributed by atoms with van der Waals surface area (Å²) in [6.45, 7) is 0. The first-order valence-electron chi connectivity index (χ1n) is 10.3. The molecule has 0 radical (unpaired) electrons. The van der Waals surface area contributed by atoms with Crippen LogP contribution in [0.15, 0.2) is 41.3 Å². The van der Waals surface area contributed by atoms with E-state index in [0.29, 0.717) is 11.4 Å². The van der Waals surface area contributed by atoms with Crippen LogP contribution < -0.4 is 21.7 Å². The minimum Gasteiger partial charge on any atom is -0.465 e. The first kappa shape index (κ1) is 22.5. The summed E-state index contributed by atoms with van der Waals surface area (Å²) in [6, 6.07) is 4.97. The third-order valence-electron chi connectivity index (χ3n) is 5.29. The van der Waals surface area contributed by atoms with Gasteiger partial charge in [-0.15, -0.1) is 0 Å². The molecule has 2 atom stereocenters. The molecule has 2 unspecified atom stereocenters. The summed E-state index contributed by atoms with van der Waals surface area (Å²) < 4.78 is 0.777.